The molecule has 1 rings (SSSR count). The molecule has 0 amide bonds. The third kappa shape index (κ3) is 3.73. The van der Waals surface area contributed by atoms with Gasteiger partial charge in [-0.05, 0) is 17.7 Å². The van der Waals surface area contributed by atoms with Gasteiger partial charge in [0.15, 0.2) is 5.01 Å². The van der Waals surface area contributed by atoms with Crippen LogP contribution in [0.1, 0.15) is 5.56 Å². The third-order valence-corrected chi connectivity index (χ3v) is 1.96. The molecule has 13 heavy (non-hydrogen) atoms. The molecule has 1 atom stereocenters. The Labute approximate surface area is 83.7 Å². The minimum Gasteiger partial charge on any atom is -0.508 e. The quantitative estimate of drug-likeness (QED) is 0.487. The first-order valence-corrected chi connectivity index (χ1v) is 4.53. The van der Waals surface area contributed by atoms with Crippen LogP contribution in [0.15, 0.2) is 24.3 Å². The van der Waals surface area contributed by atoms with Crippen molar-refractivity contribution in [1.29, 1.82) is 0 Å². The fraction of sp³-hybridized carbons (Fsp3) is 0.250. The number of hydrogen-bond donors (Lipinski definition) is 2. The molecule has 0 fully saturated rings. The van der Waals surface area contributed by atoms with Crippen molar-refractivity contribution in [1.82, 2.24) is 0 Å². The Bertz CT molecular complexity index is 249. The average Bonchev–Trinajstić information content (AvgIpc) is 2.09. The Kier molecular flexibility index (Phi) is 4.17. The molecule has 0 bridgehead atoms. The van der Waals surface area contributed by atoms with Gasteiger partial charge in [-0.15, -0.1) is 0 Å². The lowest BCUT2D eigenvalue weighted by Crippen LogP contribution is -2.07. The molecule has 0 radical (unpaired) electrons. The van der Waals surface area contributed by atoms with Gasteiger partial charge in [0.2, 0.25) is 0 Å². The van der Waals surface area contributed by atoms with Crippen LogP contribution in [0.25, 0.3) is 0 Å². The van der Waals surface area contributed by atoms with Crippen LogP contribution in [-0.4, -0.2) is 15.4 Å². The van der Waals surface area contributed by atoms with Crippen molar-refractivity contribution in [3.63, 3.8) is 0 Å². The summed E-state index contributed by atoms with van der Waals surface area (Å²) in [5, 5.41) is 20.0. The monoisotopic (exact) mass is 248 g/mol. The standard InChI is InChI=1S/C8H9BrO4/c9-8(12-13-11)5-6-1-3-7(10)4-2-6/h1-4,8,10-11H,5H2. The molecule has 0 aromatic heterocycles. The molecule has 4 nitrogen and oxygen atoms in total. The van der Waals surface area contributed by atoms with Crippen molar-refractivity contribution in [3.05, 3.63) is 29.8 Å². The van der Waals surface area contributed by atoms with E-state index in [2.05, 4.69) is 25.9 Å². The highest BCUT2D eigenvalue weighted by Gasteiger charge is 2.06. The number of hydrogen-bond acceptors (Lipinski definition) is 4. The van der Waals surface area contributed by atoms with Crippen LogP contribution >= 0.6 is 15.9 Å². The number of benzene rings is 1. The first-order chi connectivity index (χ1) is 6.22. The molecule has 0 heterocycles. The lowest BCUT2D eigenvalue weighted by molar-refractivity contribution is -0.494. The van der Waals surface area contributed by atoms with Crippen LogP contribution in [-0.2, 0) is 16.3 Å². The lowest BCUT2D eigenvalue weighted by atomic mass is 10.1. The van der Waals surface area contributed by atoms with E-state index in [0.29, 0.717) is 6.42 Å². The first-order valence-electron chi connectivity index (χ1n) is 3.61. The third-order valence-electron chi connectivity index (χ3n) is 1.48. The number of halogens is 1. The molecular weight excluding hydrogens is 240 g/mol. The molecule has 1 unspecified atom stereocenters. The molecule has 0 aliphatic rings. The van der Waals surface area contributed by atoms with E-state index in [9.17, 15) is 0 Å². The van der Waals surface area contributed by atoms with Crippen molar-refractivity contribution in [2.75, 3.05) is 0 Å². The SMILES string of the molecule is OOOC(Br)Cc1ccc(O)cc1. The van der Waals surface area contributed by atoms with E-state index in [1.807, 2.05) is 0 Å². The van der Waals surface area contributed by atoms with E-state index >= 15 is 0 Å². The summed E-state index contributed by atoms with van der Waals surface area (Å²) >= 11 is 3.12. The largest absolute Gasteiger partial charge is 0.508 e. The summed E-state index contributed by atoms with van der Waals surface area (Å²) in [6.07, 6.45) is 0.529. The number of phenols is 1. The van der Waals surface area contributed by atoms with Crippen LogP contribution in [0, 0.1) is 0 Å². The zero-order valence-electron chi connectivity index (χ0n) is 6.68. The van der Waals surface area contributed by atoms with Gasteiger partial charge in [-0.25, -0.2) is 5.26 Å². The van der Waals surface area contributed by atoms with E-state index in [1.165, 1.54) is 0 Å². The van der Waals surface area contributed by atoms with Gasteiger partial charge in [0.05, 0.1) is 0 Å². The van der Waals surface area contributed by atoms with Gasteiger partial charge < -0.3 is 5.11 Å². The fourth-order valence-corrected chi connectivity index (χ4v) is 1.34. The summed E-state index contributed by atoms with van der Waals surface area (Å²) in [6, 6.07) is 6.67. The van der Waals surface area contributed by atoms with Crippen LogP contribution in [0.2, 0.25) is 0 Å². The number of phenolic OH excluding ortho intramolecular Hbond substituents is 1. The van der Waals surface area contributed by atoms with Gasteiger partial charge in [-0.3, -0.25) is 0 Å². The Morgan fingerprint density at radius 2 is 1.92 bits per heavy atom. The van der Waals surface area contributed by atoms with Crippen molar-refractivity contribution in [2.45, 2.75) is 11.4 Å². The molecule has 72 valence electrons. The van der Waals surface area contributed by atoms with Crippen LogP contribution in [0.4, 0.5) is 0 Å². The molecule has 0 saturated heterocycles. The molecule has 0 saturated carbocycles. The molecular formula is C8H9BrO4. The van der Waals surface area contributed by atoms with Crippen LogP contribution < -0.4 is 0 Å². The second-order valence-corrected chi connectivity index (χ2v) is 3.47. The predicted molar refractivity (Wildman–Crippen MR) is 49.3 cm³/mol. The minimum absolute atomic E-state index is 0.217. The van der Waals surface area contributed by atoms with Crippen molar-refractivity contribution < 1.29 is 20.3 Å². The Hall–Kier alpha value is -0.620. The highest BCUT2D eigenvalue weighted by Crippen LogP contribution is 2.14. The summed E-state index contributed by atoms with van der Waals surface area (Å²) in [5.74, 6) is 0.217. The Morgan fingerprint density at radius 3 is 2.46 bits per heavy atom. The fourth-order valence-electron chi connectivity index (χ4n) is 0.898. The van der Waals surface area contributed by atoms with Gasteiger partial charge in [0.25, 0.3) is 0 Å². The maximum absolute atomic E-state index is 8.99. The Morgan fingerprint density at radius 1 is 1.31 bits per heavy atom. The summed E-state index contributed by atoms with van der Waals surface area (Å²) in [6.45, 7) is 0. The highest BCUT2D eigenvalue weighted by atomic mass is 79.9. The minimum atomic E-state index is -0.415. The second kappa shape index (κ2) is 5.18. The van der Waals surface area contributed by atoms with Gasteiger partial charge in [0.1, 0.15) is 5.75 Å². The number of rotatable bonds is 4. The van der Waals surface area contributed by atoms with E-state index in [-0.39, 0.29) is 5.75 Å². The predicted octanol–water partition coefficient (Wildman–Crippen LogP) is 2.08. The van der Waals surface area contributed by atoms with Crippen molar-refractivity contribution >= 4 is 15.9 Å². The summed E-state index contributed by atoms with van der Waals surface area (Å²) < 4.78 is 0. The van der Waals surface area contributed by atoms with Crippen molar-refractivity contribution in [3.8, 4) is 5.75 Å². The lowest BCUT2D eigenvalue weighted by Gasteiger charge is -2.06. The van der Waals surface area contributed by atoms with Crippen LogP contribution in [0.5, 0.6) is 5.75 Å². The topological polar surface area (TPSA) is 58.9 Å². The number of aromatic hydroxyl groups is 1. The van der Waals surface area contributed by atoms with Crippen LogP contribution in [0.3, 0.4) is 0 Å². The molecule has 0 aliphatic heterocycles. The van der Waals surface area contributed by atoms with Crippen molar-refractivity contribution in [2.24, 2.45) is 0 Å². The maximum Gasteiger partial charge on any atom is 0.154 e. The van der Waals surface area contributed by atoms with Gasteiger partial charge in [0, 0.05) is 6.42 Å². The zero-order valence-corrected chi connectivity index (χ0v) is 8.27. The van der Waals surface area contributed by atoms with E-state index in [1.54, 1.807) is 24.3 Å². The number of alkyl halides is 1. The molecule has 0 spiro atoms. The summed E-state index contributed by atoms with van der Waals surface area (Å²) in [4.78, 5) is 4.39. The molecule has 1 aromatic rings. The summed E-state index contributed by atoms with van der Waals surface area (Å²) in [7, 11) is 0. The van der Waals surface area contributed by atoms with Gasteiger partial charge in [-0.1, -0.05) is 33.1 Å². The van der Waals surface area contributed by atoms with E-state index < -0.39 is 5.01 Å². The van der Waals surface area contributed by atoms with Gasteiger partial charge in [-0.2, -0.15) is 4.89 Å². The first kappa shape index (κ1) is 10.5. The average molecular weight is 249 g/mol. The second-order valence-electron chi connectivity index (χ2n) is 2.45. The maximum atomic E-state index is 8.99. The summed E-state index contributed by atoms with van der Waals surface area (Å²) in [5.41, 5.74) is 0.955. The molecule has 5 heteroatoms. The van der Waals surface area contributed by atoms with Gasteiger partial charge >= 0.3 is 0 Å². The molecule has 0 aliphatic carbocycles. The normalized spacial score (nSPS) is 12.8. The zero-order chi connectivity index (χ0) is 9.68. The molecule has 2 N–H and O–H groups in total. The smallest absolute Gasteiger partial charge is 0.154 e. The van der Waals surface area contributed by atoms with E-state index in [0.717, 1.165) is 5.56 Å². The molecule has 1 aromatic carbocycles. The van der Waals surface area contributed by atoms with E-state index in [4.69, 9.17) is 10.4 Å². The Balaban J connectivity index is 2.49. The highest BCUT2D eigenvalue weighted by molar-refractivity contribution is 9.09.